The van der Waals surface area contributed by atoms with Crippen molar-refractivity contribution in [3.05, 3.63) is 23.0 Å². The minimum Gasteiger partial charge on any atom is -0.377 e. The van der Waals surface area contributed by atoms with Gasteiger partial charge in [0.1, 0.15) is 0 Å². The van der Waals surface area contributed by atoms with Crippen LogP contribution in [0.4, 0.5) is 5.69 Å². The smallest absolute Gasteiger partial charge is 0.0750 e. The maximum absolute atomic E-state index is 5.90. The van der Waals surface area contributed by atoms with Crippen LogP contribution in [0.1, 0.15) is 36.7 Å². The summed E-state index contributed by atoms with van der Waals surface area (Å²) < 4.78 is 5.78. The predicted octanol–water partition coefficient (Wildman–Crippen LogP) is 2.16. The summed E-state index contributed by atoms with van der Waals surface area (Å²) in [4.78, 5) is 6.93. The van der Waals surface area contributed by atoms with Gasteiger partial charge in [-0.25, -0.2) is 0 Å². The first-order valence-corrected chi connectivity index (χ1v) is 7.19. The summed E-state index contributed by atoms with van der Waals surface area (Å²) in [6, 6.07) is 2.16. The Kier molecular flexibility index (Phi) is 4.77. The highest BCUT2D eigenvalue weighted by atomic mass is 16.5. The molecule has 1 atom stereocenters. The fourth-order valence-corrected chi connectivity index (χ4v) is 2.90. The first-order chi connectivity index (χ1) is 9.15. The molecule has 4 nitrogen and oxygen atoms in total. The molecule has 1 aliphatic heterocycles. The zero-order valence-electron chi connectivity index (χ0n) is 12.3. The average Bonchev–Trinajstić information content (AvgIpc) is 2.38. The number of anilines is 1. The van der Waals surface area contributed by atoms with Gasteiger partial charge in [-0.3, -0.25) is 4.98 Å². The Balaban J connectivity index is 2.25. The molecular weight excluding hydrogens is 238 g/mol. The summed E-state index contributed by atoms with van der Waals surface area (Å²) in [5.41, 5.74) is 10.4. The Morgan fingerprint density at radius 2 is 2.26 bits per heavy atom. The van der Waals surface area contributed by atoms with Crippen molar-refractivity contribution in [1.82, 2.24) is 4.98 Å². The van der Waals surface area contributed by atoms with E-state index in [-0.39, 0.29) is 0 Å². The summed E-state index contributed by atoms with van der Waals surface area (Å²) in [6.45, 7) is 9.53. The van der Waals surface area contributed by atoms with Gasteiger partial charge in [0.2, 0.25) is 0 Å². The number of piperidine rings is 1. The van der Waals surface area contributed by atoms with E-state index in [1.54, 1.807) is 0 Å². The quantitative estimate of drug-likeness (QED) is 0.904. The Morgan fingerprint density at radius 1 is 1.47 bits per heavy atom. The number of pyridine rings is 1. The molecule has 0 amide bonds. The molecule has 0 aliphatic carbocycles. The summed E-state index contributed by atoms with van der Waals surface area (Å²) in [5.74, 6) is 0. The number of nitrogens with zero attached hydrogens (tertiary/aromatic N) is 2. The maximum Gasteiger partial charge on any atom is 0.0750 e. The zero-order chi connectivity index (χ0) is 13.8. The molecule has 1 aromatic heterocycles. The van der Waals surface area contributed by atoms with Crippen LogP contribution in [0.3, 0.4) is 0 Å². The van der Waals surface area contributed by atoms with Gasteiger partial charge in [-0.05, 0) is 39.7 Å². The molecule has 2 heterocycles. The van der Waals surface area contributed by atoms with Gasteiger partial charge in [-0.15, -0.1) is 0 Å². The third-order valence-electron chi connectivity index (χ3n) is 3.76. The van der Waals surface area contributed by atoms with Crippen molar-refractivity contribution >= 4 is 5.69 Å². The Labute approximate surface area is 116 Å². The van der Waals surface area contributed by atoms with E-state index >= 15 is 0 Å². The standard InChI is InChI=1S/C15H25N3O/c1-4-19-13-6-5-7-18(10-13)15-8-11(2)17-12(3)14(15)9-16/h8,13H,4-7,9-10,16H2,1-3H3. The minimum atomic E-state index is 0.346. The first kappa shape index (κ1) is 14.3. The fraction of sp³-hybridized carbons (Fsp3) is 0.667. The molecule has 1 aromatic rings. The lowest BCUT2D eigenvalue weighted by Gasteiger charge is -2.35. The lowest BCUT2D eigenvalue weighted by Crippen LogP contribution is -2.40. The highest BCUT2D eigenvalue weighted by Gasteiger charge is 2.22. The van der Waals surface area contributed by atoms with Gasteiger partial charge < -0.3 is 15.4 Å². The summed E-state index contributed by atoms with van der Waals surface area (Å²) in [7, 11) is 0. The number of rotatable bonds is 4. The lowest BCUT2D eigenvalue weighted by molar-refractivity contribution is 0.0526. The SMILES string of the molecule is CCOC1CCCN(c2cc(C)nc(C)c2CN)C1. The summed E-state index contributed by atoms with van der Waals surface area (Å²) in [5, 5.41) is 0. The van der Waals surface area contributed by atoms with Crippen molar-refractivity contribution in [3.8, 4) is 0 Å². The lowest BCUT2D eigenvalue weighted by atomic mass is 10.0. The predicted molar refractivity (Wildman–Crippen MR) is 78.5 cm³/mol. The third-order valence-corrected chi connectivity index (χ3v) is 3.76. The first-order valence-electron chi connectivity index (χ1n) is 7.19. The molecule has 0 bridgehead atoms. The van der Waals surface area contributed by atoms with Crippen LogP contribution in [-0.2, 0) is 11.3 Å². The molecule has 1 saturated heterocycles. The largest absolute Gasteiger partial charge is 0.377 e. The number of aromatic nitrogens is 1. The zero-order valence-corrected chi connectivity index (χ0v) is 12.3. The van der Waals surface area contributed by atoms with Crippen LogP contribution in [0, 0.1) is 13.8 Å². The van der Waals surface area contributed by atoms with Crippen molar-refractivity contribution in [2.24, 2.45) is 5.73 Å². The van der Waals surface area contributed by atoms with Crippen LogP contribution in [0.25, 0.3) is 0 Å². The van der Waals surface area contributed by atoms with Gasteiger partial charge in [0.25, 0.3) is 0 Å². The molecule has 0 radical (unpaired) electrons. The number of ether oxygens (including phenoxy) is 1. The van der Waals surface area contributed by atoms with Crippen LogP contribution in [0.15, 0.2) is 6.07 Å². The molecule has 1 aliphatic rings. The maximum atomic E-state index is 5.90. The number of nitrogens with two attached hydrogens (primary N) is 1. The number of hydrogen-bond acceptors (Lipinski definition) is 4. The van der Waals surface area contributed by atoms with Crippen molar-refractivity contribution in [2.75, 3.05) is 24.6 Å². The van der Waals surface area contributed by atoms with Gasteiger partial charge in [-0.2, -0.15) is 0 Å². The van der Waals surface area contributed by atoms with Crippen LogP contribution in [0.5, 0.6) is 0 Å². The monoisotopic (exact) mass is 263 g/mol. The molecule has 106 valence electrons. The van der Waals surface area contributed by atoms with Gasteiger partial charge in [-0.1, -0.05) is 0 Å². The van der Waals surface area contributed by atoms with E-state index in [1.165, 1.54) is 17.7 Å². The van der Waals surface area contributed by atoms with E-state index in [4.69, 9.17) is 10.5 Å². The molecule has 0 aromatic carbocycles. The molecule has 19 heavy (non-hydrogen) atoms. The molecule has 1 fully saturated rings. The average molecular weight is 263 g/mol. The Hall–Kier alpha value is -1.13. The van der Waals surface area contributed by atoms with Crippen LogP contribution >= 0.6 is 0 Å². The van der Waals surface area contributed by atoms with E-state index < -0.39 is 0 Å². The highest BCUT2D eigenvalue weighted by Crippen LogP contribution is 2.27. The van der Waals surface area contributed by atoms with E-state index in [0.717, 1.165) is 37.5 Å². The van der Waals surface area contributed by atoms with E-state index in [9.17, 15) is 0 Å². The second-order valence-corrected chi connectivity index (χ2v) is 5.22. The highest BCUT2D eigenvalue weighted by molar-refractivity contribution is 5.56. The van der Waals surface area contributed by atoms with Gasteiger partial charge in [0, 0.05) is 48.9 Å². The Morgan fingerprint density at radius 3 is 2.95 bits per heavy atom. The third kappa shape index (κ3) is 3.25. The van der Waals surface area contributed by atoms with E-state index in [1.807, 2.05) is 13.8 Å². The van der Waals surface area contributed by atoms with Crippen molar-refractivity contribution in [3.63, 3.8) is 0 Å². The molecule has 1 unspecified atom stereocenters. The van der Waals surface area contributed by atoms with Crippen molar-refractivity contribution < 1.29 is 4.74 Å². The van der Waals surface area contributed by atoms with Crippen LogP contribution in [0.2, 0.25) is 0 Å². The minimum absolute atomic E-state index is 0.346. The second kappa shape index (κ2) is 6.35. The molecule has 2 N–H and O–H groups in total. The number of hydrogen-bond donors (Lipinski definition) is 1. The van der Waals surface area contributed by atoms with Crippen LogP contribution in [-0.4, -0.2) is 30.8 Å². The van der Waals surface area contributed by atoms with Crippen molar-refractivity contribution in [2.45, 2.75) is 46.3 Å². The molecule has 0 saturated carbocycles. The van der Waals surface area contributed by atoms with Gasteiger partial charge in [0.15, 0.2) is 0 Å². The molecule has 4 heteroatoms. The number of aryl methyl sites for hydroxylation is 2. The van der Waals surface area contributed by atoms with Crippen LogP contribution < -0.4 is 10.6 Å². The molecule has 0 spiro atoms. The molecular formula is C15H25N3O. The molecule has 2 rings (SSSR count). The van der Waals surface area contributed by atoms with Gasteiger partial charge in [0.05, 0.1) is 6.10 Å². The topological polar surface area (TPSA) is 51.4 Å². The summed E-state index contributed by atoms with van der Waals surface area (Å²) >= 11 is 0. The second-order valence-electron chi connectivity index (χ2n) is 5.22. The Bertz CT molecular complexity index is 432. The van der Waals surface area contributed by atoms with E-state index in [0.29, 0.717) is 12.6 Å². The summed E-state index contributed by atoms with van der Waals surface area (Å²) in [6.07, 6.45) is 2.68. The van der Waals surface area contributed by atoms with Gasteiger partial charge >= 0.3 is 0 Å². The van der Waals surface area contributed by atoms with E-state index in [2.05, 4.69) is 22.9 Å². The normalized spacial score (nSPS) is 19.8. The van der Waals surface area contributed by atoms with Crippen molar-refractivity contribution in [1.29, 1.82) is 0 Å². The fourth-order valence-electron chi connectivity index (χ4n) is 2.90.